The number of ether oxygens (including phenoxy) is 7. The molecule has 0 saturated carbocycles. The van der Waals surface area contributed by atoms with Crippen LogP contribution in [0.4, 0.5) is 10.5 Å². The van der Waals surface area contributed by atoms with Gasteiger partial charge in [0, 0.05) is 38.4 Å². The molecule has 0 bridgehead atoms. The lowest BCUT2D eigenvalue weighted by Gasteiger charge is -2.43. The molecule has 15 nitrogen and oxygen atoms in total. The second kappa shape index (κ2) is 13.5. The van der Waals surface area contributed by atoms with E-state index in [9.17, 15) is 34.1 Å². The van der Waals surface area contributed by atoms with E-state index in [-0.39, 0.29) is 17.9 Å². The summed E-state index contributed by atoms with van der Waals surface area (Å²) in [5.74, 6) is -3.78. The van der Waals surface area contributed by atoms with E-state index in [1.54, 1.807) is 0 Å². The Morgan fingerprint density at radius 3 is 2.08 bits per heavy atom. The van der Waals surface area contributed by atoms with Gasteiger partial charge in [-0.2, -0.15) is 0 Å². The van der Waals surface area contributed by atoms with Crippen LogP contribution in [0.3, 0.4) is 0 Å². The number of halogens is 1. The lowest BCUT2D eigenvalue weighted by atomic mass is 9.95. The van der Waals surface area contributed by atoms with E-state index in [1.807, 2.05) is 0 Å². The van der Waals surface area contributed by atoms with E-state index in [0.717, 1.165) is 40.0 Å². The first-order chi connectivity index (χ1) is 17.8. The number of methoxy groups -OCH3 is 1. The molecule has 0 aromatic heterocycles. The maximum atomic E-state index is 12.0. The summed E-state index contributed by atoms with van der Waals surface area (Å²) in [6, 6.07) is 3.51. The second-order valence-corrected chi connectivity index (χ2v) is 8.06. The Morgan fingerprint density at radius 1 is 0.974 bits per heavy atom. The molecule has 1 heterocycles. The van der Waals surface area contributed by atoms with Crippen LogP contribution in [-0.2, 0) is 54.2 Å². The average molecular weight is 562 g/mol. The molecule has 0 radical (unpaired) electrons. The van der Waals surface area contributed by atoms with Crippen molar-refractivity contribution >= 4 is 46.6 Å². The molecule has 1 fully saturated rings. The lowest BCUT2D eigenvalue weighted by molar-refractivity contribution is -0.387. The number of benzene rings is 1. The topological polar surface area (TPSA) is 193 Å². The number of hydrogen-bond donors (Lipinski definition) is 0. The average Bonchev–Trinajstić information content (AvgIpc) is 2.81. The Bertz CT molecular complexity index is 1090. The van der Waals surface area contributed by atoms with Crippen molar-refractivity contribution in [1.29, 1.82) is 0 Å². The van der Waals surface area contributed by atoms with Gasteiger partial charge in [0.1, 0.15) is 12.7 Å². The Morgan fingerprint density at radius 2 is 1.55 bits per heavy atom. The summed E-state index contributed by atoms with van der Waals surface area (Å²) in [6.45, 7) is 2.74. The zero-order valence-electron chi connectivity index (χ0n) is 20.6. The number of nitrogens with zero attached hydrogens (tertiary/aromatic N) is 1. The fourth-order valence-corrected chi connectivity index (χ4v) is 3.58. The summed E-state index contributed by atoms with van der Waals surface area (Å²) >= 11 is 5.12. The van der Waals surface area contributed by atoms with Crippen molar-refractivity contribution in [2.45, 2.75) is 64.5 Å². The SMILES string of the molecule is COC(=O)C[C@H]1O[C@@H](Oc2ccc(COC(=O)Cl)cc2[N+](=O)[O-])[C@H](OC(C)=O)[C@@H](OC(C)=O)[C@@H]1OC(C)=O. The van der Waals surface area contributed by atoms with Crippen molar-refractivity contribution in [3.8, 4) is 5.75 Å². The highest BCUT2D eigenvalue weighted by molar-refractivity contribution is 6.61. The fraction of sp³-hybridized carbons (Fsp3) is 0.500. The van der Waals surface area contributed by atoms with Crippen molar-refractivity contribution < 1.29 is 62.1 Å². The van der Waals surface area contributed by atoms with Gasteiger partial charge >= 0.3 is 35.0 Å². The van der Waals surface area contributed by atoms with Gasteiger partial charge in [-0.05, 0) is 11.6 Å². The highest BCUT2D eigenvalue weighted by atomic mass is 35.5. The van der Waals surface area contributed by atoms with E-state index >= 15 is 0 Å². The van der Waals surface area contributed by atoms with Crippen LogP contribution in [0.5, 0.6) is 5.75 Å². The molecular formula is C22H24ClNO14. The summed E-state index contributed by atoms with van der Waals surface area (Å²) in [4.78, 5) is 69.4. The quantitative estimate of drug-likeness (QED) is 0.132. The van der Waals surface area contributed by atoms with Crippen LogP contribution in [0.15, 0.2) is 18.2 Å². The molecule has 1 aliphatic heterocycles. The van der Waals surface area contributed by atoms with E-state index in [2.05, 4.69) is 9.47 Å². The fourth-order valence-electron chi connectivity index (χ4n) is 3.52. The number of carbonyl (C=O) groups excluding carboxylic acids is 5. The van der Waals surface area contributed by atoms with Crippen molar-refractivity contribution in [2.24, 2.45) is 0 Å². The molecule has 2 rings (SSSR count). The predicted octanol–water partition coefficient (Wildman–Crippen LogP) is 1.93. The zero-order valence-corrected chi connectivity index (χ0v) is 21.3. The molecule has 0 amide bonds. The molecule has 0 spiro atoms. The minimum atomic E-state index is -1.70. The molecule has 5 atom stereocenters. The van der Waals surface area contributed by atoms with Crippen LogP contribution in [0, 0.1) is 10.1 Å². The summed E-state index contributed by atoms with van der Waals surface area (Å²) in [7, 11) is 1.09. The van der Waals surface area contributed by atoms with E-state index in [4.69, 9.17) is 35.3 Å². The van der Waals surface area contributed by atoms with E-state index in [1.165, 1.54) is 6.07 Å². The highest BCUT2D eigenvalue weighted by Gasteiger charge is 2.53. The van der Waals surface area contributed by atoms with Gasteiger partial charge in [-0.25, -0.2) is 4.79 Å². The minimum absolute atomic E-state index is 0.190. The normalized spacial score (nSPS) is 22.4. The molecular weight excluding hydrogens is 538 g/mol. The van der Waals surface area contributed by atoms with Crippen LogP contribution in [-0.4, -0.2) is 72.0 Å². The first-order valence-corrected chi connectivity index (χ1v) is 11.2. The number of nitro groups is 1. The first-order valence-electron chi connectivity index (χ1n) is 10.8. The van der Waals surface area contributed by atoms with E-state index < -0.39 is 77.0 Å². The summed E-state index contributed by atoms with van der Waals surface area (Å²) < 4.78 is 36.5. The third kappa shape index (κ3) is 8.55. The Labute approximate surface area is 220 Å². The van der Waals surface area contributed by atoms with Crippen LogP contribution < -0.4 is 4.74 Å². The maximum absolute atomic E-state index is 12.0. The zero-order chi connectivity index (χ0) is 28.6. The molecule has 0 aliphatic carbocycles. The largest absolute Gasteiger partial charge is 0.469 e. The van der Waals surface area contributed by atoms with Crippen molar-refractivity contribution in [1.82, 2.24) is 0 Å². The summed E-state index contributed by atoms with van der Waals surface area (Å²) in [6.07, 6.45) is -8.18. The highest BCUT2D eigenvalue weighted by Crippen LogP contribution is 2.35. The maximum Gasteiger partial charge on any atom is 0.404 e. The minimum Gasteiger partial charge on any atom is -0.469 e. The Balaban J connectivity index is 2.54. The second-order valence-electron chi connectivity index (χ2n) is 7.75. The van der Waals surface area contributed by atoms with Gasteiger partial charge in [0.15, 0.2) is 18.0 Å². The van der Waals surface area contributed by atoms with Gasteiger partial charge in [-0.3, -0.25) is 29.3 Å². The Kier molecular flexibility index (Phi) is 10.8. The molecule has 16 heteroatoms. The van der Waals surface area contributed by atoms with Gasteiger partial charge in [-0.15, -0.1) is 0 Å². The van der Waals surface area contributed by atoms with Gasteiger partial charge in [0.05, 0.1) is 18.5 Å². The van der Waals surface area contributed by atoms with Crippen LogP contribution in [0.1, 0.15) is 32.8 Å². The van der Waals surface area contributed by atoms with E-state index in [0.29, 0.717) is 0 Å². The number of nitro benzene ring substituents is 1. The predicted molar refractivity (Wildman–Crippen MR) is 122 cm³/mol. The first kappa shape index (κ1) is 30.2. The molecule has 1 aromatic rings. The molecule has 38 heavy (non-hydrogen) atoms. The Hall–Kier alpha value is -3.98. The van der Waals surface area contributed by atoms with Crippen molar-refractivity contribution in [3.63, 3.8) is 0 Å². The molecule has 0 unspecified atom stereocenters. The smallest absolute Gasteiger partial charge is 0.404 e. The number of esters is 4. The monoisotopic (exact) mass is 561 g/mol. The number of carbonyl (C=O) groups is 5. The molecule has 1 saturated heterocycles. The van der Waals surface area contributed by atoms with Gasteiger partial charge < -0.3 is 33.2 Å². The third-order valence-electron chi connectivity index (χ3n) is 4.91. The van der Waals surface area contributed by atoms with Crippen molar-refractivity contribution in [3.05, 3.63) is 33.9 Å². The van der Waals surface area contributed by atoms with Gasteiger partial charge in [-0.1, -0.05) is 6.07 Å². The van der Waals surface area contributed by atoms with Gasteiger partial charge in [0.2, 0.25) is 12.4 Å². The molecule has 1 aliphatic rings. The molecule has 0 N–H and O–H groups in total. The molecule has 1 aromatic carbocycles. The van der Waals surface area contributed by atoms with Crippen molar-refractivity contribution in [2.75, 3.05) is 7.11 Å². The van der Waals surface area contributed by atoms with Crippen LogP contribution in [0.25, 0.3) is 0 Å². The summed E-state index contributed by atoms with van der Waals surface area (Å²) in [5, 5.41) is 11.7. The molecule has 208 valence electrons. The third-order valence-corrected chi connectivity index (χ3v) is 5.02. The standard InChI is InChI=1S/C22H24ClNO14/c1-10(25)34-18-16(8-17(28)32-4)38-21(20(36-12(3)27)19(18)35-11(2)26)37-15-6-5-13(9-33-22(23)29)7-14(15)24(30)31/h5-7,16,18-21H,8-9H2,1-4H3/t16-,18-,19+,20-,21-/m1/s1. The number of hydrogen-bond acceptors (Lipinski definition) is 14. The van der Waals surface area contributed by atoms with Crippen LogP contribution >= 0.6 is 11.6 Å². The van der Waals surface area contributed by atoms with Gasteiger partial charge in [0.25, 0.3) is 0 Å². The van der Waals surface area contributed by atoms with Crippen LogP contribution in [0.2, 0.25) is 0 Å². The lowest BCUT2D eigenvalue weighted by Crippen LogP contribution is -2.63. The number of rotatable bonds is 10. The summed E-state index contributed by atoms with van der Waals surface area (Å²) in [5.41, 5.74) is -1.53.